The maximum Gasteiger partial charge on any atom is 0.191 e. The lowest BCUT2D eigenvalue weighted by Crippen LogP contribution is -2.47. The Morgan fingerprint density at radius 2 is 1.64 bits per heavy atom. The molecule has 1 saturated heterocycles. The molecule has 4 nitrogen and oxygen atoms in total. The fourth-order valence-electron chi connectivity index (χ4n) is 2.96. The molecule has 0 radical (unpaired) electrons. The largest absolute Gasteiger partial charge is 0.357 e. The third kappa shape index (κ3) is 8.90. The van der Waals surface area contributed by atoms with E-state index < -0.39 is 0 Å². The van der Waals surface area contributed by atoms with Crippen LogP contribution in [0.4, 0.5) is 0 Å². The van der Waals surface area contributed by atoms with Crippen molar-refractivity contribution in [1.29, 1.82) is 0 Å². The molecule has 1 aliphatic heterocycles. The van der Waals surface area contributed by atoms with Gasteiger partial charge in [-0.25, -0.2) is 4.99 Å². The van der Waals surface area contributed by atoms with Crippen LogP contribution < -0.4 is 10.6 Å². The minimum Gasteiger partial charge on any atom is -0.357 e. The number of nitrogens with one attached hydrogen (secondary N) is 2. The highest BCUT2D eigenvalue weighted by atomic mass is 127. The van der Waals surface area contributed by atoms with Gasteiger partial charge in [0.25, 0.3) is 0 Å². The number of nitrogens with zero attached hydrogens (tertiary/aromatic N) is 2. The first-order chi connectivity index (χ1) is 11.5. The summed E-state index contributed by atoms with van der Waals surface area (Å²) in [5, 5.41) is 6.73. The van der Waals surface area contributed by atoms with Crippen LogP contribution in [-0.4, -0.2) is 36.0 Å². The molecule has 1 aliphatic rings. The maximum absolute atomic E-state index is 4.70. The number of aliphatic imine (C=N–C) groups is 1. The van der Waals surface area contributed by atoms with Crippen LogP contribution in [0, 0.1) is 0 Å². The van der Waals surface area contributed by atoms with Gasteiger partial charge >= 0.3 is 0 Å². The zero-order chi connectivity index (χ0) is 17.4. The first-order valence-electron chi connectivity index (χ1n) is 9.33. The van der Waals surface area contributed by atoms with Crippen molar-refractivity contribution >= 4 is 29.9 Å². The number of likely N-dealkylation sites (tertiary alicyclic amines) is 1. The predicted octanol–water partition coefficient (Wildman–Crippen LogP) is 4.14. The van der Waals surface area contributed by atoms with Crippen LogP contribution in [0.25, 0.3) is 0 Å². The van der Waals surface area contributed by atoms with E-state index in [0.717, 1.165) is 19.0 Å². The Morgan fingerprint density at radius 3 is 2.20 bits per heavy atom. The van der Waals surface area contributed by atoms with Gasteiger partial charge in [0.1, 0.15) is 0 Å². The van der Waals surface area contributed by atoms with Crippen molar-refractivity contribution in [3.05, 3.63) is 35.4 Å². The molecular formula is C20H35IN4. The summed E-state index contributed by atoms with van der Waals surface area (Å²) in [5.74, 6) is 0.877. The van der Waals surface area contributed by atoms with Crippen LogP contribution >= 0.6 is 24.0 Å². The van der Waals surface area contributed by atoms with Gasteiger partial charge in [0.15, 0.2) is 5.96 Å². The molecule has 1 heterocycles. The molecule has 142 valence electrons. The summed E-state index contributed by atoms with van der Waals surface area (Å²) in [6, 6.07) is 8.93. The van der Waals surface area contributed by atoms with E-state index in [2.05, 4.69) is 67.5 Å². The van der Waals surface area contributed by atoms with Crippen molar-refractivity contribution in [1.82, 2.24) is 15.5 Å². The smallest absolute Gasteiger partial charge is 0.191 e. The monoisotopic (exact) mass is 458 g/mol. The lowest BCUT2D eigenvalue weighted by atomic mass is 10.1. The first kappa shape index (κ1) is 22.2. The molecule has 0 atom stereocenters. The predicted molar refractivity (Wildman–Crippen MR) is 119 cm³/mol. The second-order valence-electron chi connectivity index (χ2n) is 7.72. The molecule has 0 bridgehead atoms. The quantitative estimate of drug-likeness (QED) is 0.396. The van der Waals surface area contributed by atoms with Crippen LogP contribution in [0.1, 0.15) is 58.1 Å². The van der Waals surface area contributed by atoms with E-state index in [-0.39, 0.29) is 29.5 Å². The SMILES string of the molecule is CCNC(=NCc1ccc(CN2CCCCC2)cc1)NC(C)(C)C.I. The minimum absolute atomic E-state index is 0. The van der Waals surface area contributed by atoms with Gasteiger partial charge in [0.05, 0.1) is 6.54 Å². The second kappa shape index (κ2) is 11.0. The Hall–Kier alpha value is -0.820. The summed E-state index contributed by atoms with van der Waals surface area (Å²) in [5.41, 5.74) is 2.67. The molecule has 0 aromatic heterocycles. The highest BCUT2D eigenvalue weighted by Crippen LogP contribution is 2.14. The molecule has 0 saturated carbocycles. The number of piperidine rings is 1. The van der Waals surface area contributed by atoms with Crippen molar-refractivity contribution in [3.8, 4) is 0 Å². The lowest BCUT2D eigenvalue weighted by molar-refractivity contribution is 0.221. The van der Waals surface area contributed by atoms with Gasteiger partial charge in [-0.3, -0.25) is 4.90 Å². The number of hydrogen-bond acceptors (Lipinski definition) is 2. The summed E-state index contributed by atoms with van der Waals surface area (Å²) in [4.78, 5) is 7.26. The molecule has 0 spiro atoms. The van der Waals surface area contributed by atoms with Crippen molar-refractivity contribution in [2.45, 2.75) is 65.6 Å². The topological polar surface area (TPSA) is 39.7 Å². The number of guanidine groups is 1. The zero-order valence-corrected chi connectivity index (χ0v) is 18.6. The number of benzene rings is 1. The third-order valence-corrected chi connectivity index (χ3v) is 4.14. The normalized spacial score (nSPS) is 16.2. The Labute approximate surface area is 170 Å². The van der Waals surface area contributed by atoms with E-state index in [1.54, 1.807) is 0 Å². The van der Waals surface area contributed by atoms with Crippen LogP contribution in [0.5, 0.6) is 0 Å². The van der Waals surface area contributed by atoms with Crippen LogP contribution in [0.2, 0.25) is 0 Å². The van der Waals surface area contributed by atoms with E-state index in [9.17, 15) is 0 Å². The summed E-state index contributed by atoms with van der Waals surface area (Å²) >= 11 is 0. The van der Waals surface area contributed by atoms with E-state index in [1.165, 1.54) is 43.5 Å². The van der Waals surface area contributed by atoms with E-state index in [1.807, 2.05) is 0 Å². The third-order valence-electron chi connectivity index (χ3n) is 4.14. The van der Waals surface area contributed by atoms with Crippen molar-refractivity contribution in [2.75, 3.05) is 19.6 Å². The zero-order valence-electron chi connectivity index (χ0n) is 16.3. The number of halogens is 1. The van der Waals surface area contributed by atoms with Gasteiger partial charge in [0, 0.05) is 18.6 Å². The standard InChI is InChI=1S/C20H34N4.HI/c1-5-21-19(23-20(2,3)4)22-15-17-9-11-18(12-10-17)16-24-13-7-6-8-14-24;/h9-12H,5-8,13-16H2,1-4H3,(H2,21,22,23);1H. The van der Waals surface area contributed by atoms with E-state index in [0.29, 0.717) is 6.54 Å². The molecule has 5 heteroatoms. The Kier molecular flexibility index (Phi) is 9.79. The highest BCUT2D eigenvalue weighted by molar-refractivity contribution is 14.0. The van der Waals surface area contributed by atoms with Crippen molar-refractivity contribution < 1.29 is 0 Å². The Balaban J connectivity index is 0.00000312. The molecule has 1 aromatic carbocycles. The summed E-state index contributed by atoms with van der Waals surface area (Å²) in [6.07, 6.45) is 4.09. The maximum atomic E-state index is 4.70. The minimum atomic E-state index is 0. The molecule has 0 unspecified atom stereocenters. The molecule has 1 aromatic rings. The molecule has 2 rings (SSSR count). The van der Waals surface area contributed by atoms with Gasteiger partial charge < -0.3 is 10.6 Å². The van der Waals surface area contributed by atoms with Crippen LogP contribution in [0.3, 0.4) is 0 Å². The summed E-state index contributed by atoms with van der Waals surface area (Å²) in [6.45, 7) is 13.7. The summed E-state index contributed by atoms with van der Waals surface area (Å²) < 4.78 is 0. The van der Waals surface area contributed by atoms with Gasteiger partial charge in [0.2, 0.25) is 0 Å². The molecule has 0 amide bonds. The summed E-state index contributed by atoms with van der Waals surface area (Å²) in [7, 11) is 0. The molecular weight excluding hydrogens is 423 g/mol. The van der Waals surface area contributed by atoms with Crippen LogP contribution in [-0.2, 0) is 13.1 Å². The van der Waals surface area contributed by atoms with Crippen molar-refractivity contribution in [3.63, 3.8) is 0 Å². The van der Waals surface area contributed by atoms with E-state index >= 15 is 0 Å². The van der Waals surface area contributed by atoms with Gasteiger partial charge in [-0.2, -0.15) is 0 Å². The fraction of sp³-hybridized carbons (Fsp3) is 0.650. The van der Waals surface area contributed by atoms with Gasteiger partial charge in [-0.15, -0.1) is 24.0 Å². The van der Waals surface area contributed by atoms with Crippen LogP contribution in [0.15, 0.2) is 29.3 Å². The van der Waals surface area contributed by atoms with E-state index in [4.69, 9.17) is 4.99 Å². The Morgan fingerprint density at radius 1 is 1.04 bits per heavy atom. The molecule has 1 fully saturated rings. The Bertz CT molecular complexity index is 513. The van der Waals surface area contributed by atoms with Gasteiger partial charge in [-0.05, 0) is 64.8 Å². The number of hydrogen-bond donors (Lipinski definition) is 2. The lowest BCUT2D eigenvalue weighted by Gasteiger charge is -2.26. The second-order valence-corrected chi connectivity index (χ2v) is 7.72. The molecule has 25 heavy (non-hydrogen) atoms. The van der Waals surface area contributed by atoms with Gasteiger partial charge in [-0.1, -0.05) is 30.7 Å². The average molecular weight is 458 g/mol. The highest BCUT2D eigenvalue weighted by Gasteiger charge is 2.12. The first-order valence-corrected chi connectivity index (χ1v) is 9.33. The van der Waals surface area contributed by atoms with Crippen molar-refractivity contribution in [2.24, 2.45) is 4.99 Å². The fourth-order valence-corrected chi connectivity index (χ4v) is 2.96. The molecule has 2 N–H and O–H groups in total. The number of rotatable bonds is 5. The average Bonchev–Trinajstić information content (AvgIpc) is 2.54. The molecule has 0 aliphatic carbocycles.